The van der Waals surface area contributed by atoms with Crippen LogP contribution in [0.4, 0.5) is 13.2 Å². The molecule has 0 spiro atoms. The van der Waals surface area contributed by atoms with Crippen LogP contribution in [0.5, 0.6) is 17.2 Å². The maximum atomic E-state index is 13.0. The van der Waals surface area contributed by atoms with Gasteiger partial charge in [0.15, 0.2) is 11.5 Å². The van der Waals surface area contributed by atoms with Crippen LogP contribution < -0.4 is 19.5 Å². The molecule has 47 heavy (non-hydrogen) atoms. The van der Waals surface area contributed by atoms with Gasteiger partial charge < -0.3 is 19.5 Å². The molecular weight excluding hydrogens is 603 g/mol. The lowest BCUT2D eigenvalue weighted by atomic mass is 9.87. The molecular formula is C39H36F3NO4. The van der Waals surface area contributed by atoms with Crippen molar-refractivity contribution in [1.29, 1.82) is 0 Å². The molecule has 8 heteroatoms. The van der Waals surface area contributed by atoms with Crippen LogP contribution in [-0.4, -0.2) is 18.6 Å². The normalized spacial score (nSPS) is 11.8. The Labute approximate surface area is 272 Å². The van der Waals surface area contributed by atoms with E-state index in [1.807, 2.05) is 134 Å². The van der Waals surface area contributed by atoms with E-state index >= 15 is 0 Å². The Hall–Kier alpha value is -5.24. The summed E-state index contributed by atoms with van der Waals surface area (Å²) in [6.45, 7) is 2.74. The second-order valence-electron chi connectivity index (χ2n) is 11.1. The summed E-state index contributed by atoms with van der Waals surface area (Å²) in [4.78, 5) is 11.6. The molecule has 0 saturated carbocycles. The van der Waals surface area contributed by atoms with E-state index in [9.17, 15) is 18.0 Å². The van der Waals surface area contributed by atoms with E-state index in [-0.39, 0.29) is 25.5 Å². The van der Waals surface area contributed by atoms with Gasteiger partial charge in [0.25, 0.3) is 0 Å². The van der Waals surface area contributed by atoms with Crippen LogP contribution in [0.3, 0.4) is 0 Å². The van der Waals surface area contributed by atoms with E-state index in [1.54, 1.807) is 6.07 Å². The number of carbonyl (C=O) groups excluding carboxylic acids is 1. The zero-order valence-electron chi connectivity index (χ0n) is 26.0. The van der Waals surface area contributed by atoms with E-state index in [0.717, 1.165) is 33.4 Å². The number of ether oxygens (including phenoxy) is 3. The summed E-state index contributed by atoms with van der Waals surface area (Å²) in [7, 11) is 0. The van der Waals surface area contributed by atoms with Gasteiger partial charge in [0, 0.05) is 18.0 Å². The van der Waals surface area contributed by atoms with Crippen molar-refractivity contribution in [3.63, 3.8) is 0 Å². The molecule has 5 aromatic rings. The van der Waals surface area contributed by atoms with E-state index in [2.05, 4.69) is 0 Å². The number of benzene rings is 5. The highest BCUT2D eigenvalue weighted by Gasteiger charge is 2.38. The molecule has 242 valence electrons. The van der Waals surface area contributed by atoms with Gasteiger partial charge in [-0.25, -0.2) is 0 Å². The van der Waals surface area contributed by atoms with Gasteiger partial charge in [-0.05, 0) is 52.4 Å². The van der Waals surface area contributed by atoms with Crippen molar-refractivity contribution >= 4 is 5.91 Å². The predicted octanol–water partition coefficient (Wildman–Crippen LogP) is 8.80. The van der Waals surface area contributed by atoms with Crippen LogP contribution >= 0.6 is 0 Å². The van der Waals surface area contributed by atoms with Gasteiger partial charge in [0.05, 0.1) is 0 Å². The highest BCUT2D eigenvalue weighted by molar-refractivity contribution is 5.81. The zero-order valence-corrected chi connectivity index (χ0v) is 26.0. The van der Waals surface area contributed by atoms with Crippen LogP contribution in [0, 0.1) is 0 Å². The molecule has 1 atom stereocenters. The van der Waals surface area contributed by atoms with Crippen LogP contribution in [0.2, 0.25) is 0 Å². The van der Waals surface area contributed by atoms with E-state index < -0.39 is 12.1 Å². The van der Waals surface area contributed by atoms with Crippen LogP contribution in [0.1, 0.15) is 46.2 Å². The number of carbonyl (C=O) groups is 1. The van der Waals surface area contributed by atoms with Crippen molar-refractivity contribution in [2.24, 2.45) is 0 Å². The molecule has 5 nitrogen and oxygen atoms in total. The summed E-state index contributed by atoms with van der Waals surface area (Å²) < 4.78 is 57.8. The van der Waals surface area contributed by atoms with E-state index in [4.69, 9.17) is 14.2 Å². The zero-order chi connectivity index (χ0) is 33.1. The van der Waals surface area contributed by atoms with Crippen molar-refractivity contribution in [1.82, 2.24) is 5.32 Å². The van der Waals surface area contributed by atoms with Crippen molar-refractivity contribution in [3.8, 4) is 17.2 Å². The molecule has 1 unspecified atom stereocenters. The van der Waals surface area contributed by atoms with Gasteiger partial charge in [-0.1, -0.05) is 116 Å². The Morgan fingerprint density at radius 1 is 0.681 bits per heavy atom. The standard InChI is InChI=1S/C39H36F3NO4/c1-28(33-18-11-19-34(24-33)45-25-29-12-5-2-6-13-29)36-32(22-23-43-38(44)39(40,41)42)20-21-35(46-26-30-14-7-3-8-15-30)37(36)47-27-31-16-9-4-10-17-31/h2-21,24,28H,22-23,25-27H2,1H3,(H,43,44). The van der Waals surface area contributed by atoms with Gasteiger partial charge >= 0.3 is 12.1 Å². The summed E-state index contributed by atoms with van der Waals surface area (Å²) in [5.41, 5.74) is 5.35. The lowest BCUT2D eigenvalue weighted by Gasteiger charge is -2.24. The Kier molecular flexibility index (Phi) is 11.2. The van der Waals surface area contributed by atoms with Crippen molar-refractivity contribution < 1.29 is 32.2 Å². The highest BCUT2D eigenvalue weighted by atomic mass is 19.4. The molecule has 0 saturated heterocycles. The lowest BCUT2D eigenvalue weighted by molar-refractivity contribution is -0.173. The largest absolute Gasteiger partial charge is 0.489 e. The number of amides is 1. The lowest BCUT2D eigenvalue weighted by Crippen LogP contribution is -2.37. The van der Waals surface area contributed by atoms with Gasteiger partial charge in [0.1, 0.15) is 25.6 Å². The fourth-order valence-corrected chi connectivity index (χ4v) is 5.23. The maximum Gasteiger partial charge on any atom is 0.471 e. The first-order valence-corrected chi connectivity index (χ1v) is 15.4. The van der Waals surface area contributed by atoms with Gasteiger partial charge in [-0.15, -0.1) is 0 Å². The van der Waals surface area contributed by atoms with Crippen LogP contribution in [0.25, 0.3) is 0 Å². The molecule has 0 fully saturated rings. The fraction of sp³-hybridized carbons (Fsp3) is 0.205. The molecule has 5 rings (SSSR count). The average molecular weight is 640 g/mol. The third-order valence-corrected chi connectivity index (χ3v) is 7.69. The molecule has 0 aliphatic carbocycles. The molecule has 0 bridgehead atoms. The first kappa shape index (κ1) is 33.1. The van der Waals surface area contributed by atoms with E-state index in [1.165, 1.54) is 0 Å². The quantitative estimate of drug-likeness (QED) is 0.132. The van der Waals surface area contributed by atoms with Crippen molar-refractivity contribution in [2.75, 3.05) is 6.54 Å². The average Bonchev–Trinajstić information content (AvgIpc) is 3.10. The van der Waals surface area contributed by atoms with Crippen LogP contribution in [0.15, 0.2) is 127 Å². The molecule has 5 aromatic carbocycles. The molecule has 1 N–H and O–H groups in total. The number of hydrogen-bond acceptors (Lipinski definition) is 4. The smallest absolute Gasteiger partial charge is 0.471 e. The first-order chi connectivity index (χ1) is 22.8. The molecule has 0 heterocycles. The number of rotatable bonds is 14. The first-order valence-electron chi connectivity index (χ1n) is 15.4. The topological polar surface area (TPSA) is 56.8 Å². The second-order valence-corrected chi connectivity index (χ2v) is 11.1. The summed E-state index contributed by atoms with van der Waals surface area (Å²) in [5, 5.41) is 2.00. The van der Waals surface area contributed by atoms with Gasteiger partial charge in [-0.3, -0.25) is 4.79 Å². The molecule has 0 radical (unpaired) electrons. The summed E-state index contributed by atoms with van der Waals surface area (Å²) >= 11 is 0. The minimum atomic E-state index is -4.96. The molecule has 1 amide bonds. The highest BCUT2D eigenvalue weighted by Crippen LogP contribution is 2.42. The Bertz CT molecular complexity index is 1730. The van der Waals surface area contributed by atoms with Gasteiger partial charge in [0.2, 0.25) is 0 Å². The predicted molar refractivity (Wildman–Crippen MR) is 175 cm³/mol. The summed E-state index contributed by atoms with van der Waals surface area (Å²) in [6.07, 6.45) is -4.82. The Balaban J connectivity index is 1.50. The third-order valence-electron chi connectivity index (χ3n) is 7.69. The minimum Gasteiger partial charge on any atom is -0.489 e. The monoisotopic (exact) mass is 639 g/mol. The molecule has 0 aliphatic heterocycles. The number of alkyl halides is 3. The van der Waals surface area contributed by atoms with Gasteiger partial charge in [-0.2, -0.15) is 13.2 Å². The van der Waals surface area contributed by atoms with Crippen molar-refractivity contribution in [2.45, 2.75) is 45.3 Å². The SMILES string of the molecule is CC(c1cccc(OCc2ccccc2)c1)c1c(CCNC(=O)C(F)(F)F)ccc(OCc2ccccc2)c1OCc1ccccc1. The Morgan fingerprint density at radius 2 is 1.23 bits per heavy atom. The number of nitrogens with one attached hydrogen (secondary N) is 1. The van der Waals surface area contributed by atoms with E-state index in [0.29, 0.717) is 30.5 Å². The molecule has 0 aromatic heterocycles. The Morgan fingerprint density at radius 3 is 1.81 bits per heavy atom. The van der Waals surface area contributed by atoms with Crippen LogP contribution in [-0.2, 0) is 31.0 Å². The summed E-state index contributed by atoms with van der Waals surface area (Å²) in [5.74, 6) is -0.576. The number of hydrogen-bond donors (Lipinski definition) is 1. The second kappa shape index (κ2) is 15.9. The summed E-state index contributed by atoms with van der Waals surface area (Å²) in [6, 6.07) is 40.6. The third kappa shape index (κ3) is 9.39. The molecule has 0 aliphatic rings. The number of halogens is 3. The minimum absolute atomic E-state index is 0.145. The maximum absolute atomic E-state index is 13.0. The van der Waals surface area contributed by atoms with Crippen molar-refractivity contribution in [3.05, 3.63) is 161 Å². The fourth-order valence-electron chi connectivity index (χ4n) is 5.23.